The van der Waals surface area contributed by atoms with Gasteiger partial charge in [-0.15, -0.1) is 0 Å². The molecule has 3 heteroatoms. The summed E-state index contributed by atoms with van der Waals surface area (Å²) in [6.07, 6.45) is 2.31. The van der Waals surface area contributed by atoms with Crippen molar-refractivity contribution in [3.63, 3.8) is 0 Å². The van der Waals surface area contributed by atoms with Gasteiger partial charge in [-0.2, -0.15) is 0 Å². The van der Waals surface area contributed by atoms with Crippen molar-refractivity contribution in [2.75, 3.05) is 6.61 Å². The van der Waals surface area contributed by atoms with Crippen molar-refractivity contribution >= 4 is 5.97 Å². The predicted molar refractivity (Wildman–Crippen MR) is 69.6 cm³/mol. The zero-order valence-corrected chi connectivity index (χ0v) is 11.2. The Bertz CT molecular complexity index is 463. The molecule has 0 aliphatic heterocycles. The molecule has 1 unspecified atom stereocenters. The number of hydrogen-bond donors (Lipinski definition) is 1. The van der Waals surface area contributed by atoms with Crippen LogP contribution in [0, 0.1) is 19.8 Å². The molecular formula is C15H20O3. The Morgan fingerprint density at radius 2 is 2.11 bits per heavy atom. The van der Waals surface area contributed by atoms with E-state index >= 15 is 0 Å². The molecular weight excluding hydrogens is 228 g/mol. The Hall–Kier alpha value is -1.35. The molecule has 18 heavy (non-hydrogen) atoms. The van der Waals surface area contributed by atoms with Crippen LogP contribution >= 0.6 is 0 Å². The molecule has 98 valence electrons. The molecule has 1 saturated carbocycles. The highest BCUT2D eigenvalue weighted by Gasteiger charge is 2.39. The Labute approximate surface area is 108 Å². The van der Waals surface area contributed by atoms with E-state index in [1.807, 2.05) is 32.0 Å². The second-order valence-electron chi connectivity index (χ2n) is 5.41. The summed E-state index contributed by atoms with van der Waals surface area (Å²) in [5, 5.41) is 9.51. The minimum Gasteiger partial charge on any atom is -0.479 e. The van der Waals surface area contributed by atoms with Gasteiger partial charge >= 0.3 is 5.97 Å². The SMILES string of the molecule is Cc1ccc(C)c(C(C)(OCC2CC2)C(=O)O)c1. The number of aliphatic carboxylic acids is 1. The summed E-state index contributed by atoms with van der Waals surface area (Å²) >= 11 is 0. The first-order valence-electron chi connectivity index (χ1n) is 6.38. The summed E-state index contributed by atoms with van der Waals surface area (Å²) in [6.45, 7) is 6.08. The Balaban J connectivity index is 2.31. The standard InChI is InChI=1S/C15H20O3/c1-10-4-5-11(2)13(8-10)15(3,14(16)17)18-9-12-6-7-12/h4-5,8,12H,6-7,9H2,1-3H3,(H,16,17). The van der Waals surface area contributed by atoms with Gasteiger partial charge in [-0.25, -0.2) is 4.79 Å². The summed E-state index contributed by atoms with van der Waals surface area (Å²) in [6, 6.07) is 5.85. The van der Waals surface area contributed by atoms with Crippen LogP contribution in [-0.2, 0) is 15.1 Å². The molecule has 1 aromatic rings. The average molecular weight is 248 g/mol. The fraction of sp³-hybridized carbons (Fsp3) is 0.533. The van der Waals surface area contributed by atoms with E-state index in [1.165, 1.54) is 0 Å². The Morgan fingerprint density at radius 3 is 2.67 bits per heavy atom. The average Bonchev–Trinajstić information content (AvgIpc) is 3.13. The zero-order chi connectivity index (χ0) is 13.3. The summed E-state index contributed by atoms with van der Waals surface area (Å²) in [4.78, 5) is 11.6. The van der Waals surface area contributed by atoms with Gasteiger partial charge in [0.25, 0.3) is 0 Å². The maximum Gasteiger partial charge on any atom is 0.340 e. The number of hydrogen-bond acceptors (Lipinski definition) is 2. The number of aryl methyl sites for hydroxylation is 2. The highest BCUT2D eigenvalue weighted by molar-refractivity contribution is 5.79. The van der Waals surface area contributed by atoms with E-state index in [-0.39, 0.29) is 0 Å². The number of rotatable bonds is 5. The molecule has 2 rings (SSSR count). The van der Waals surface area contributed by atoms with Gasteiger partial charge in [0, 0.05) is 0 Å². The van der Waals surface area contributed by atoms with E-state index in [9.17, 15) is 9.90 Å². The van der Waals surface area contributed by atoms with E-state index in [0.29, 0.717) is 12.5 Å². The van der Waals surface area contributed by atoms with Crippen LogP contribution in [0.2, 0.25) is 0 Å². The van der Waals surface area contributed by atoms with Crippen molar-refractivity contribution < 1.29 is 14.6 Å². The first-order valence-corrected chi connectivity index (χ1v) is 6.38. The van der Waals surface area contributed by atoms with E-state index in [1.54, 1.807) is 6.92 Å². The van der Waals surface area contributed by atoms with Crippen LogP contribution in [0.15, 0.2) is 18.2 Å². The smallest absolute Gasteiger partial charge is 0.340 e. The molecule has 1 aliphatic carbocycles. The van der Waals surface area contributed by atoms with E-state index in [2.05, 4.69) is 0 Å². The second kappa shape index (κ2) is 4.73. The van der Waals surface area contributed by atoms with Crippen molar-refractivity contribution in [1.29, 1.82) is 0 Å². The fourth-order valence-electron chi connectivity index (χ4n) is 2.07. The molecule has 1 atom stereocenters. The Morgan fingerprint density at radius 1 is 1.44 bits per heavy atom. The van der Waals surface area contributed by atoms with E-state index in [4.69, 9.17) is 4.74 Å². The van der Waals surface area contributed by atoms with Gasteiger partial charge < -0.3 is 9.84 Å². The molecule has 0 bridgehead atoms. The first kappa shape index (κ1) is 13.1. The third kappa shape index (κ3) is 2.56. The van der Waals surface area contributed by atoms with Gasteiger partial charge in [0.2, 0.25) is 0 Å². The van der Waals surface area contributed by atoms with Crippen molar-refractivity contribution in [3.8, 4) is 0 Å². The van der Waals surface area contributed by atoms with Crippen LogP contribution in [0.25, 0.3) is 0 Å². The lowest BCUT2D eigenvalue weighted by Crippen LogP contribution is -2.37. The second-order valence-corrected chi connectivity index (χ2v) is 5.41. The predicted octanol–water partition coefficient (Wildman–Crippen LogP) is 3.03. The van der Waals surface area contributed by atoms with Gasteiger partial charge in [0.1, 0.15) is 0 Å². The van der Waals surface area contributed by atoms with Crippen molar-refractivity contribution in [3.05, 3.63) is 34.9 Å². The van der Waals surface area contributed by atoms with Crippen LogP contribution in [-0.4, -0.2) is 17.7 Å². The summed E-state index contributed by atoms with van der Waals surface area (Å²) in [5.74, 6) is -0.370. The van der Waals surface area contributed by atoms with Crippen LogP contribution < -0.4 is 0 Å². The number of benzene rings is 1. The molecule has 3 nitrogen and oxygen atoms in total. The minimum absolute atomic E-state index is 0.538. The lowest BCUT2D eigenvalue weighted by Gasteiger charge is -2.28. The van der Waals surface area contributed by atoms with Crippen molar-refractivity contribution in [2.24, 2.45) is 5.92 Å². The molecule has 0 amide bonds. The zero-order valence-electron chi connectivity index (χ0n) is 11.2. The van der Waals surface area contributed by atoms with Gasteiger partial charge in [-0.3, -0.25) is 0 Å². The maximum absolute atomic E-state index is 11.6. The number of carboxylic acid groups (broad SMARTS) is 1. The number of carboxylic acids is 1. The lowest BCUT2D eigenvalue weighted by atomic mass is 9.90. The summed E-state index contributed by atoms with van der Waals surface area (Å²) in [7, 11) is 0. The molecule has 0 aromatic heterocycles. The number of carbonyl (C=O) groups is 1. The fourth-order valence-corrected chi connectivity index (χ4v) is 2.07. The normalized spacial score (nSPS) is 18.4. The molecule has 1 N–H and O–H groups in total. The van der Waals surface area contributed by atoms with E-state index < -0.39 is 11.6 Å². The quantitative estimate of drug-likeness (QED) is 0.871. The third-order valence-corrected chi connectivity index (χ3v) is 3.62. The van der Waals surface area contributed by atoms with Crippen LogP contribution in [0.1, 0.15) is 36.5 Å². The number of ether oxygens (including phenoxy) is 1. The van der Waals surface area contributed by atoms with E-state index in [0.717, 1.165) is 29.5 Å². The highest BCUT2D eigenvalue weighted by Crippen LogP contribution is 2.35. The van der Waals surface area contributed by atoms with Crippen LogP contribution in [0.5, 0.6) is 0 Å². The Kier molecular flexibility index (Phi) is 3.44. The van der Waals surface area contributed by atoms with Gasteiger partial charge in [-0.05, 0) is 50.7 Å². The minimum atomic E-state index is -1.24. The lowest BCUT2D eigenvalue weighted by molar-refractivity contribution is -0.166. The topological polar surface area (TPSA) is 46.5 Å². The first-order chi connectivity index (χ1) is 8.43. The molecule has 1 aliphatic rings. The molecule has 0 radical (unpaired) electrons. The van der Waals surface area contributed by atoms with Gasteiger partial charge in [-0.1, -0.05) is 23.8 Å². The molecule has 0 heterocycles. The van der Waals surface area contributed by atoms with Gasteiger partial charge in [0.05, 0.1) is 6.61 Å². The molecule has 0 saturated heterocycles. The maximum atomic E-state index is 11.6. The van der Waals surface area contributed by atoms with Crippen LogP contribution in [0.4, 0.5) is 0 Å². The van der Waals surface area contributed by atoms with Crippen molar-refractivity contribution in [1.82, 2.24) is 0 Å². The molecule has 1 fully saturated rings. The van der Waals surface area contributed by atoms with Gasteiger partial charge in [0.15, 0.2) is 5.60 Å². The largest absolute Gasteiger partial charge is 0.479 e. The van der Waals surface area contributed by atoms with Crippen molar-refractivity contribution in [2.45, 2.75) is 39.2 Å². The summed E-state index contributed by atoms with van der Waals surface area (Å²) in [5.41, 5.74) is 1.54. The molecule has 1 aromatic carbocycles. The van der Waals surface area contributed by atoms with Crippen LogP contribution in [0.3, 0.4) is 0 Å². The summed E-state index contributed by atoms with van der Waals surface area (Å²) < 4.78 is 5.74. The third-order valence-electron chi connectivity index (χ3n) is 3.62. The highest BCUT2D eigenvalue weighted by atomic mass is 16.5. The molecule has 0 spiro atoms. The monoisotopic (exact) mass is 248 g/mol.